The first-order valence-corrected chi connectivity index (χ1v) is 11.9. The second kappa shape index (κ2) is 9.16. The van der Waals surface area contributed by atoms with E-state index in [1.807, 2.05) is 12.1 Å². The Morgan fingerprint density at radius 3 is 2.91 bits per heavy atom. The van der Waals surface area contributed by atoms with Gasteiger partial charge in [-0.2, -0.15) is 0 Å². The molecular formula is C22H25N5O5S. The van der Waals surface area contributed by atoms with E-state index in [4.69, 9.17) is 9.47 Å². The normalized spacial score (nSPS) is 23.9. The van der Waals surface area contributed by atoms with E-state index >= 15 is 0 Å². The molecule has 3 aliphatic rings. The van der Waals surface area contributed by atoms with Crippen molar-refractivity contribution in [1.29, 1.82) is 0 Å². The van der Waals surface area contributed by atoms with Gasteiger partial charge in [0.15, 0.2) is 0 Å². The highest BCUT2D eigenvalue weighted by atomic mass is 32.2. The Hall–Kier alpha value is -2.89. The number of amides is 2. The standard InChI is InChI=1S/C22H25N5O5S/c28-17-12-33-16-2-1-14(25-19(16)27-17)11-24-13-3-6-22(30,7-4-13)21(29)26-15-5-8-23-20-18(15)31-9-10-32-20/h1-2,5,8,13,24,30H,3-4,6-7,9-12H2,(H,23,26,29)(H,25,27,28)/t13-,22+. The zero-order valence-electron chi connectivity index (χ0n) is 17.9. The molecule has 10 nitrogen and oxygen atoms in total. The van der Waals surface area contributed by atoms with Gasteiger partial charge in [0.25, 0.3) is 11.8 Å². The topological polar surface area (TPSA) is 135 Å². The molecule has 2 aliphatic heterocycles. The van der Waals surface area contributed by atoms with Crippen LogP contribution >= 0.6 is 11.8 Å². The van der Waals surface area contributed by atoms with Crippen molar-refractivity contribution in [2.45, 2.75) is 48.8 Å². The summed E-state index contributed by atoms with van der Waals surface area (Å²) in [6, 6.07) is 5.71. The maximum absolute atomic E-state index is 12.9. The first-order chi connectivity index (χ1) is 16.0. The molecule has 2 aromatic heterocycles. The zero-order valence-corrected chi connectivity index (χ0v) is 18.7. The maximum atomic E-state index is 12.9. The third-order valence-corrected chi connectivity index (χ3v) is 7.08. The number of carbonyl (C=O) groups is 2. The molecule has 1 saturated carbocycles. The summed E-state index contributed by atoms with van der Waals surface area (Å²) in [5, 5.41) is 20.0. The van der Waals surface area contributed by atoms with Crippen LogP contribution in [0.4, 0.5) is 11.5 Å². The van der Waals surface area contributed by atoms with Gasteiger partial charge in [-0.3, -0.25) is 9.59 Å². The van der Waals surface area contributed by atoms with Crippen LogP contribution in [0.2, 0.25) is 0 Å². The SMILES string of the molecule is O=C1CSc2ccc(CN[C@H]3CC[C@](O)(C(=O)Nc4ccnc5c4OCCO5)CC3)nc2N1. The third kappa shape index (κ3) is 4.75. The fraction of sp³-hybridized carbons (Fsp3) is 0.455. The highest BCUT2D eigenvalue weighted by Crippen LogP contribution is 2.37. The van der Waals surface area contributed by atoms with Crippen LogP contribution in [0.25, 0.3) is 0 Å². The molecule has 0 saturated heterocycles. The van der Waals surface area contributed by atoms with E-state index in [0.717, 1.165) is 10.6 Å². The predicted octanol–water partition coefficient (Wildman–Crippen LogP) is 1.69. The highest BCUT2D eigenvalue weighted by molar-refractivity contribution is 8.00. The molecular weight excluding hydrogens is 446 g/mol. The van der Waals surface area contributed by atoms with Gasteiger partial charge in [-0.25, -0.2) is 9.97 Å². The molecule has 0 radical (unpaired) electrons. The van der Waals surface area contributed by atoms with E-state index in [2.05, 4.69) is 25.9 Å². The van der Waals surface area contributed by atoms with Crippen LogP contribution in [0, 0.1) is 0 Å². The van der Waals surface area contributed by atoms with Crippen LogP contribution in [-0.4, -0.2) is 57.5 Å². The Bertz CT molecular complexity index is 1070. The number of pyridine rings is 2. The molecule has 2 aromatic rings. The molecule has 0 aromatic carbocycles. The minimum Gasteiger partial charge on any atom is -0.483 e. The van der Waals surface area contributed by atoms with Crippen molar-refractivity contribution in [3.05, 3.63) is 30.1 Å². The Morgan fingerprint density at radius 1 is 1.24 bits per heavy atom. The molecule has 4 heterocycles. The Kier molecular flexibility index (Phi) is 6.09. The number of anilines is 2. The number of fused-ring (bicyclic) bond motifs is 2. The van der Waals surface area contributed by atoms with Crippen molar-refractivity contribution < 1.29 is 24.2 Å². The van der Waals surface area contributed by atoms with Gasteiger partial charge in [-0.05, 0) is 43.9 Å². The highest BCUT2D eigenvalue weighted by Gasteiger charge is 2.40. The number of hydrogen-bond donors (Lipinski definition) is 4. The van der Waals surface area contributed by atoms with E-state index in [1.165, 1.54) is 18.0 Å². The molecule has 1 fully saturated rings. The lowest BCUT2D eigenvalue weighted by Crippen LogP contribution is -2.48. The molecule has 4 N–H and O–H groups in total. The molecule has 0 bridgehead atoms. The molecule has 11 heteroatoms. The number of nitrogens with zero attached hydrogens (tertiary/aromatic N) is 2. The largest absolute Gasteiger partial charge is 0.483 e. The smallest absolute Gasteiger partial charge is 0.259 e. The number of carbonyl (C=O) groups excluding carboxylic acids is 2. The van der Waals surface area contributed by atoms with E-state index in [0.29, 0.717) is 74.3 Å². The summed E-state index contributed by atoms with van der Waals surface area (Å²) in [6.45, 7) is 1.33. The molecule has 1 aliphatic carbocycles. The van der Waals surface area contributed by atoms with E-state index < -0.39 is 11.5 Å². The van der Waals surface area contributed by atoms with Gasteiger partial charge >= 0.3 is 0 Å². The van der Waals surface area contributed by atoms with Crippen molar-refractivity contribution in [3.8, 4) is 11.6 Å². The van der Waals surface area contributed by atoms with Gasteiger partial charge in [0.2, 0.25) is 11.7 Å². The molecule has 33 heavy (non-hydrogen) atoms. The van der Waals surface area contributed by atoms with Gasteiger partial charge in [0, 0.05) is 18.8 Å². The van der Waals surface area contributed by atoms with Crippen molar-refractivity contribution >= 4 is 35.1 Å². The Balaban J connectivity index is 1.15. The summed E-state index contributed by atoms with van der Waals surface area (Å²) in [5.74, 6) is 1.26. The van der Waals surface area contributed by atoms with Crippen molar-refractivity contribution in [3.63, 3.8) is 0 Å². The summed E-state index contributed by atoms with van der Waals surface area (Å²) >= 11 is 1.48. The van der Waals surface area contributed by atoms with Crippen LogP contribution in [0.5, 0.6) is 11.6 Å². The number of aromatic nitrogens is 2. The summed E-state index contributed by atoms with van der Waals surface area (Å²) in [4.78, 5) is 34.1. The lowest BCUT2D eigenvalue weighted by molar-refractivity contribution is -0.137. The summed E-state index contributed by atoms with van der Waals surface area (Å²) in [7, 11) is 0. The number of hydrogen-bond acceptors (Lipinski definition) is 9. The number of thioether (sulfide) groups is 1. The van der Waals surface area contributed by atoms with Gasteiger partial charge in [0.1, 0.15) is 24.6 Å². The summed E-state index contributed by atoms with van der Waals surface area (Å²) in [6.07, 6.45) is 3.51. The summed E-state index contributed by atoms with van der Waals surface area (Å²) < 4.78 is 11.0. The number of aliphatic hydroxyl groups is 1. The first kappa shape index (κ1) is 21.9. The Labute approximate surface area is 194 Å². The molecule has 2 amide bonds. The average molecular weight is 472 g/mol. The second-order valence-corrected chi connectivity index (χ2v) is 9.33. The van der Waals surface area contributed by atoms with Gasteiger partial charge in [0.05, 0.1) is 22.0 Å². The predicted molar refractivity (Wildman–Crippen MR) is 121 cm³/mol. The van der Waals surface area contributed by atoms with Crippen molar-refractivity contribution in [2.75, 3.05) is 29.6 Å². The van der Waals surface area contributed by atoms with Crippen LogP contribution in [0.1, 0.15) is 31.4 Å². The van der Waals surface area contributed by atoms with Gasteiger partial charge in [-0.15, -0.1) is 11.8 Å². The summed E-state index contributed by atoms with van der Waals surface area (Å²) in [5.41, 5.74) is -0.169. The lowest BCUT2D eigenvalue weighted by Gasteiger charge is -2.35. The van der Waals surface area contributed by atoms with Crippen molar-refractivity contribution in [2.24, 2.45) is 0 Å². The minimum atomic E-state index is -1.45. The van der Waals surface area contributed by atoms with Crippen LogP contribution < -0.4 is 25.4 Å². The minimum absolute atomic E-state index is 0.0404. The van der Waals surface area contributed by atoms with Gasteiger partial charge in [-0.1, -0.05) is 0 Å². The monoisotopic (exact) mass is 471 g/mol. The Morgan fingerprint density at radius 2 is 2.06 bits per heavy atom. The third-order valence-electron chi connectivity index (χ3n) is 6.03. The number of rotatable bonds is 5. The zero-order chi connectivity index (χ0) is 22.8. The first-order valence-electron chi connectivity index (χ1n) is 10.9. The van der Waals surface area contributed by atoms with Crippen LogP contribution in [0.15, 0.2) is 29.3 Å². The van der Waals surface area contributed by atoms with E-state index in [-0.39, 0.29) is 11.9 Å². The molecule has 0 atom stereocenters. The van der Waals surface area contributed by atoms with Crippen LogP contribution in [0.3, 0.4) is 0 Å². The second-order valence-electron chi connectivity index (χ2n) is 8.32. The molecule has 0 spiro atoms. The molecule has 0 unspecified atom stereocenters. The quantitative estimate of drug-likeness (QED) is 0.514. The lowest BCUT2D eigenvalue weighted by atomic mass is 9.81. The number of ether oxygens (including phenoxy) is 2. The fourth-order valence-corrected chi connectivity index (χ4v) is 4.93. The molecule has 5 rings (SSSR count). The maximum Gasteiger partial charge on any atom is 0.259 e. The molecule has 174 valence electrons. The van der Waals surface area contributed by atoms with Crippen LogP contribution in [-0.2, 0) is 16.1 Å². The van der Waals surface area contributed by atoms with Gasteiger partial charge < -0.3 is 30.5 Å². The van der Waals surface area contributed by atoms with E-state index in [1.54, 1.807) is 6.07 Å². The van der Waals surface area contributed by atoms with E-state index in [9.17, 15) is 14.7 Å². The van der Waals surface area contributed by atoms with Crippen molar-refractivity contribution in [1.82, 2.24) is 15.3 Å². The fourth-order valence-electron chi connectivity index (χ4n) is 4.17. The average Bonchev–Trinajstić information content (AvgIpc) is 2.83. The number of nitrogens with one attached hydrogen (secondary N) is 3.